The quantitative estimate of drug-likeness (QED) is 0.770. The molecule has 1 fully saturated rings. The molecule has 1 atom stereocenters. The van der Waals surface area contributed by atoms with Gasteiger partial charge in [0.05, 0.1) is 6.61 Å². The van der Waals surface area contributed by atoms with Crippen molar-refractivity contribution in [2.24, 2.45) is 5.73 Å². The Balaban J connectivity index is 2.23. The number of hydrogen-bond acceptors (Lipinski definition) is 5. The molecule has 6 heteroatoms. The molecule has 6 nitrogen and oxygen atoms in total. The number of primary amides is 1. The van der Waals surface area contributed by atoms with Crippen LogP contribution in [-0.4, -0.2) is 46.3 Å². The topological polar surface area (TPSA) is 99.9 Å². The second kappa shape index (κ2) is 6.02. The molecule has 0 aromatic carbocycles. The number of likely N-dealkylation sites (tertiary alicyclic amines) is 1. The molecule has 0 saturated carbocycles. The SMILES string of the molecule is CC(C)(C)c1oc(C(N)=O)cc1CN1CCC[C@](O)(CO)C1. The monoisotopic (exact) mass is 310 g/mol. The van der Waals surface area contributed by atoms with Gasteiger partial charge in [-0.15, -0.1) is 0 Å². The minimum absolute atomic E-state index is 0.161. The molecule has 1 aromatic rings. The third kappa shape index (κ3) is 3.69. The zero-order valence-electron chi connectivity index (χ0n) is 13.6. The number of carbonyl (C=O) groups is 1. The van der Waals surface area contributed by atoms with Crippen LogP contribution < -0.4 is 5.73 Å². The molecule has 4 N–H and O–H groups in total. The zero-order valence-corrected chi connectivity index (χ0v) is 13.6. The Morgan fingerprint density at radius 1 is 1.50 bits per heavy atom. The maximum atomic E-state index is 11.4. The van der Waals surface area contributed by atoms with Crippen LogP contribution in [0.4, 0.5) is 0 Å². The third-order valence-electron chi connectivity index (χ3n) is 4.06. The van der Waals surface area contributed by atoms with E-state index in [4.69, 9.17) is 10.2 Å². The molecule has 2 rings (SSSR count). The van der Waals surface area contributed by atoms with Gasteiger partial charge >= 0.3 is 0 Å². The highest BCUT2D eigenvalue weighted by Crippen LogP contribution is 2.31. The summed E-state index contributed by atoms with van der Waals surface area (Å²) in [4.78, 5) is 13.5. The maximum Gasteiger partial charge on any atom is 0.284 e. The Kier molecular flexibility index (Phi) is 4.65. The summed E-state index contributed by atoms with van der Waals surface area (Å²) in [6, 6.07) is 1.69. The summed E-state index contributed by atoms with van der Waals surface area (Å²) in [6.45, 7) is 7.60. The van der Waals surface area contributed by atoms with Crippen molar-refractivity contribution in [1.82, 2.24) is 4.90 Å². The van der Waals surface area contributed by atoms with E-state index in [0.29, 0.717) is 19.5 Å². The first-order valence-corrected chi connectivity index (χ1v) is 7.63. The first-order valence-electron chi connectivity index (χ1n) is 7.63. The fourth-order valence-corrected chi connectivity index (χ4v) is 3.01. The van der Waals surface area contributed by atoms with E-state index in [-0.39, 0.29) is 17.8 Å². The molecule has 22 heavy (non-hydrogen) atoms. The smallest absolute Gasteiger partial charge is 0.284 e. The van der Waals surface area contributed by atoms with E-state index in [1.54, 1.807) is 6.07 Å². The van der Waals surface area contributed by atoms with Gasteiger partial charge in [-0.05, 0) is 25.5 Å². The average Bonchev–Trinajstić information content (AvgIpc) is 2.83. The minimum Gasteiger partial charge on any atom is -0.455 e. The molecule has 0 radical (unpaired) electrons. The number of carbonyl (C=O) groups excluding carboxylic acids is 1. The summed E-state index contributed by atoms with van der Waals surface area (Å²) in [7, 11) is 0. The Morgan fingerprint density at radius 2 is 2.18 bits per heavy atom. The molecular formula is C16H26N2O4. The van der Waals surface area contributed by atoms with Crippen LogP contribution in [0.15, 0.2) is 10.5 Å². The number of nitrogens with two attached hydrogens (primary N) is 1. The molecule has 1 aliphatic heterocycles. The first-order chi connectivity index (χ1) is 10.1. The van der Waals surface area contributed by atoms with Gasteiger partial charge in [0.2, 0.25) is 0 Å². The van der Waals surface area contributed by atoms with E-state index in [9.17, 15) is 15.0 Å². The van der Waals surface area contributed by atoms with Crippen molar-refractivity contribution in [3.05, 3.63) is 23.2 Å². The average molecular weight is 310 g/mol. The lowest BCUT2D eigenvalue weighted by Gasteiger charge is -2.38. The highest BCUT2D eigenvalue weighted by molar-refractivity contribution is 5.90. The Bertz CT molecular complexity index is 547. The number of amides is 1. The fourth-order valence-electron chi connectivity index (χ4n) is 3.01. The van der Waals surface area contributed by atoms with Gasteiger partial charge in [0.25, 0.3) is 5.91 Å². The van der Waals surface area contributed by atoms with Crippen molar-refractivity contribution in [3.8, 4) is 0 Å². The van der Waals surface area contributed by atoms with E-state index >= 15 is 0 Å². The minimum atomic E-state index is -1.05. The molecule has 0 unspecified atom stereocenters. The van der Waals surface area contributed by atoms with Crippen LogP contribution in [0, 0.1) is 0 Å². The summed E-state index contributed by atoms with van der Waals surface area (Å²) in [6.07, 6.45) is 1.42. The number of rotatable bonds is 4. The number of furan rings is 1. The normalized spacial score (nSPS) is 23.7. The van der Waals surface area contributed by atoms with Gasteiger partial charge in [-0.1, -0.05) is 20.8 Å². The summed E-state index contributed by atoms with van der Waals surface area (Å²) >= 11 is 0. The Hall–Kier alpha value is -1.37. The van der Waals surface area contributed by atoms with Crippen LogP contribution in [0.3, 0.4) is 0 Å². The van der Waals surface area contributed by atoms with Gasteiger partial charge in [-0.3, -0.25) is 9.69 Å². The molecule has 1 aliphatic rings. The van der Waals surface area contributed by atoms with Gasteiger partial charge in [0.1, 0.15) is 11.4 Å². The van der Waals surface area contributed by atoms with E-state index in [1.165, 1.54) is 0 Å². The van der Waals surface area contributed by atoms with Crippen LogP contribution in [0.2, 0.25) is 0 Å². The molecular weight excluding hydrogens is 284 g/mol. The predicted molar refractivity (Wildman–Crippen MR) is 82.5 cm³/mol. The highest BCUT2D eigenvalue weighted by Gasteiger charge is 2.34. The summed E-state index contributed by atoms with van der Waals surface area (Å²) in [5, 5.41) is 19.6. The summed E-state index contributed by atoms with van der Waals surface area (Å²) in [5.41, 5.74) is 4.93. The van der Waals surface area contributed by atoms with Crippen LogP contribution >= 0.6 is 0 Å². The van der Waals surface area contributed by atoms with E-state index in [0.717, 1.165) is 24.3 Å². The van der Waals surface area contributed by atoms with Gasteiger partial charge < -0.3 is 20.4 Å². The Labute approximate surface area is 130 Å². The molecule has 0 bridgehead atoms. The molecule has 1 amide bonds. The van der Waals surface area contributed by atoms with Gasteiger partial charge in [-0.25, -0.2) is 0 Å². The lowest BCUT2D eigenvalue weighted by atomic mass is 9.89. The van der Waals surface area contributed by atoms with E-state index in [2.05, 4.69) is 4.90 Å². The summed E-state index contributed by atoms with van der Waals surface area (Å²) < 4.78 is 5.65. The van der Waals surface area contributed by atoms with Crippen molar-refractivity contribution in [2.45, 2.75) is 51.2 Å². The Morgan fingerprint density at radius 3 is 2.73 bits per heavy atom. The molecule has 0 aliphatic carbocycles. The number of aliphatic hydroxyl groups excluding tert-OH is 1. The lowest BCUT2D eigenvalue weighted by Crippen LogP contribution is -2.50. The lowest BCUT2D eigenvalue weighted by molar-refractivity contribution is -0.0688. The van der Waals surface area contributed by atoms with Crippen molar-refractivity contribution in [1.29, 1.82) is 0 Å². The van der Waals surface area contributed by atoms with Crippen molar-refractivity contribution in [2.75, 3.05) is 19.7 Å². The molecule has 0 spiro atoms. The van der Waals surface area contributed by atoms with Crippen molar-refractivity contribution >= 4 is 5.91 Å². The standard InChI is InChI=1S/C16H26N2O4/c1-15(2,3)13-11(7-12(22-13)14(17)20)8-18-6-4-5-16(21,9-18)10-19/h7,19,21H,4-6,8-10H2,1-3H3,(H2,17,20)/t16-/m1/s1. The van der Waals surface area contributed by atoms with Gasteiger partial charge in [0, 0.05) is 24.1 Å². The second-order valence-corrected chi connectivity index (χ2v) is 7.28. The van der Waals surface area contributed by atoms with E-state index in [1.807, 2.05) is 20.8 Å². The first kappa shape index (κ1) is 17.0. The largest absolute Gasteiger partial charge is 0.455 e. The number of aliphatic hydroxyl groups is 2. The maximum absolute atomic E-state index is 11.4. The summed E-state index contributed by atoms with van der Waals surface area (Å²) in [5.74, 6) is 0.316. The van der Waals surface area contributed by atoms with Crippen LogP contribution in [0.5, 0.6) is 0 Å². The fraction of sp³-hybridized carbons (Fsp3) is 0.688. The number of β-amino-alcohol motifs (C(OH)–C–C–N with tert-alkyl or cyclic N) is 1. The highest BCUT2D eigenvalue weighted by atomic mass is 16.4. The van der Waals surface area contributed by atoms with Gasteiger partial charge in [-0.2, -0.15) is 0 Å². The predicted octanol–water partition coefficient (Wildman–Crippen LogP) is 0.995. The molecule has 2 heterocycles. The van der Waals surface area contributed by atoms with Crippen molar-refractivity contribution < 1.29 is 19.4 Å². The third-order valence-corrected chi connectivity index (χ3v) is 4.06. The molecule has 1 aromatic heterocycles. The van der Waals surface area contributed by atoms with Gasteiger partial charge in [0.15, 0.2) is 5.76 Å². The number of hydrogen-bond donors (Lipinski definition) is 3. The zero-order chi connectivity index (χ0) is 16.5. The number of nitrogens with zero attached hydrogens (tertiary/aromatic N) is 1. The van der Waals surface area contributed by atoms with Crippen LogP contribution in [0.25, 0.3) is 0 Å². The number of piperidine rings is 1. The molecule has 1 saturated heterocycles. The second-order valence-electron chi connectivity index (χ2n) is 7.28. The van der Waals surface area contributed by atoms with Crippen LogP contribution in [0.1, 0.15) is 55.5 Å². The van der Waals surface area contributed by atoms with E-state index < -0.39 is 11.5 Å². The molecule has 124 valence electrons. The van der Waals surface area contributed by atoms with Crippen molar-refractivity contribution in [3.63, 3.8) is 0 Å². The van der Waals surface area contributed by atoms with Crippen LogP contribution in [-0.2, 0) is 12.0 Å².